The Balaban J connectivity index is 1.32. The van der Waals surface area contributed by atoms with Crippen LogP contribution in [0.15, 0.2) is 65.1 Å². The van der Waals surface area contributed by atoms with Crippen molar-refractivity contribution in [1.82, 2.24) is 4.98 Å². The number of hydrogen-bond donors (Lipinski definition) is 1. The molecule has 1 N–H and O–H groups in total. The Morgan fingerprint density at radius 2 is 1.66 bits per heavy atom. The summed E-state index contributed by atoms with van der Waals surface area (Å²) in [6, 6.07) is 19.1. The highest BCUT2D eigenvalue weighted by molar-refractivity contribution is 7.14. The third kappa shape index (κ3) is 3.01. The SMILES string of the molecule is CC12CCC(CC1=NNc1nc(-c3ccc(-c4ccccc4)cc3)cs1)C2(C)C. The number of thiazole rings is 1. The predicted molar refractivity (Wildman–Crippen MR) is 123 cm³/mol. The van der Waals surface area contributed by atoms with Gasteiger partial charge in [-0.1, -0.05) is 75.4 Å². The Hall–Kier alpha value is -2.46. The number of hydrazone groups is 1. The number of hydrogen-bond acceptors (Lipinski definition) is 4. The summed E-state index contributed by atoms with van der Waals surface area (Å²) in [7, 11) is 0. The number of anilines is 1. The smallest absolute Gasteiger partial charge is 0.203 e. The molecule has 2 atom stereocenters. The molecule has 3 aromatic rings. The van der Waals surface area contributed by atoms with Crippen molar-refractivity contribution in [3.63, 3.8) is 0 Å². The van der Waals surface area contributed by atoms with E-state index in [1.165, 1.54) is 29.7 Å². The number of rotatable bonds is 4. The van der Waals surface area contributed by atoms with Crippen LogP contribution in [-0.4, -0.2) is 10.7 Å². The average molecular weight is 402 g/mol. The van der Waals surface area contributed by atoms with Gasteiger partial charge in [0, 0.05) is 22.1 Å². The lowest BCUT2D eigenvalue weighted by Gasteiger charge is -2.34. The van der Waals surface area contributed by atoms with Gasteiger partial charge < -0.3 is 0 Å². The van der Waals surface area contributed by atoms with Gasteiger partial charge >= 0.3 is 0 Å². The van der Waals surface area contributed by atoms with Gasteiger partial charge in [0.1, 0.15) is 0 Å². The average Bonchev–Trinajstić information content (AvgIpc) is 3.36. The van der Waals surface area contributed by atoms with E-state index in [0.717, 1.165) is 28.7 Å². The molecule has 2 aliphatic carbocycles. The second-order valence-electron chi connectivity index (χ2n) is 9.15. The van der Waals surface area contributed by atoms with Gasteiger partial charge in [-0.05, 0) is 41.7 Å². The van der Waals surface area contributed by atoms with Crippen molar-refractivity contribution in [1.29, 1.82) is 0 Å². The number of benzene rings is 2. The van der Waals surface area contributed by atoms with Crippen LogP contribution in [0.5, 0.6) is 0 Å². The molecular weight excluding hydrogens is 374 g/mol. The highest BCUT2D eigenvalue weighted by Crippen LogP contribution is 2.63. The zero-order valence-electron chi connectivity index (χ0n) is 17.3. The predicted octanol–water partition coefficient (Wildman–Crippen LogP) is 7.09. The van der Waals surface area contributed by atoms with Crippen LogP contribution < -0.4 is 5.43 Å². The van der Waals surface area contributed by atoms with Crippen LogP contribution in [0, 0.1) is 16.7 Å². The van der Waals surface area contributed by atoms with E-state index < -0.39 is 0 Å². The molecule has 0 radical (unpaired) electrons. The van der Waals surface area contributed by atoms with E-state index in [9.17, 15) is 0 Å². The Bertz CT molecular complexity index is 1050. The Kier molecular flexibility index (Phi) is 4.36. The summed E-state index contributed by atoms with van der Waals surface area (Å²) in [5.74, 6) is 0.767. The van der Waals surface area contributed by atoms with Gasteiger partial charge in [-0.15, -0.1) is 11.3 Å². The van der Waals surface area contributed by atoms with Gasteiger partial charge in [0.2, 0.25) is 5.13 Å². The number of fused-ring (bicyclic) bond motifs is 2. The Morgan fingerprint density at radius 1 is 0.966 bits per heavy atom. The summed E-state index contributed by atoms with van der Waals surface area (Å²) < 4.78 is 0. The van der Waals surface area contributed by atoms with Crippen LogP contribution in [0.3, 0.4) is 0 Å². The first-order valence-corrected chi connectivity index (χ1v) is 11.3. The molecule has 1 heterocycles. The van der Waals surface area contributed by atoms with E-state index >= 15 is 0 Å². The summed E-state index contributed by atoms with van der Waals surface area (Å²) in [4.78, 5) is 4.77. The molecule has 0 saturated heterocycles. The van der Waals surface area contributed by atoms with Crippen LogP contribution in [0.2, 0.25) is 0 Å². The van der Waals surface area contributed by atoms with Crippen molar-refractivity contribution in [2.24, 2.45) is 21.8 Å². The van der Waals surface area contributed by atoms with Crippen molar-refractivity contribution in [2.75, 3.05) is 5.43 Å². The summed E-state index contributed by atoms with van der Waals surface area (Å²) in [5, 5.41) is 7.79. The molecule has 0 aliphatic heterocycles. The number of nitrogens with zero attached hydrogens (tertiary/aromatic N) is 2. The number of aromatic nitrogens is 1. The minimum atomic E-state index is 0.220. The van der Waals surface area contributed by atoms with Gasteiger partial charge in [0.15, 0.2) is 0 Å². The molecule has 29 heavy (non-hydrogen) atoms. The van der Waals surface area contributed by atoms with Crippen molar-refractivity contribution in [3.05, 3.63) is 60.0 Å². The zero-order chi connectivity index (χ0) is 20.1. The van der Waals surface area contributed by atoms with Crippen LogP contribution in [0.1, 0.15) is 40.0 Å². The van der Waals surface area contributed by atoms with Gasteiger partial charge in [-0.25, -0.2) is 4.98 Å². The molecule has 1 aromatic heterocycles. The van der Waals surface area contributed by atoms with Crippen LogP contribution in [0.25, 0.3) is 22.4 Å². The minimum Gasteiger partial charge on any atom is -0.253 e. The molecule has 3 nitrogen and oxygen atoms in total. The largest absolute Gasteiger partial charge is 0.253 e. The Labute approximate surface area is 176 Å². The fourth-order valence-electron chi connectivity index (χ4n) is 5.13. The monoisotopic (exact) mass is 401 g/mol. The molecular formula is C25H27N3S. The fourth-order valence-corrected chi connectivity index (χ4v) is 5.80. The quantitative estimate of drug-likeness (QED) is 0.474. The molecule has 2 aromatic carbocycles. The van der Waals surface area contributed by atoms with E-state index in [1.807, 2.05) is 6.07 Å². The van der Waals surface area contributed by atoms with Crippen LogP contribution in [-0.2, 0) is 0 Å². The maximum absolute atomic E-state index is 4.82. The standard InChI is InChI=1S/C25H27N3S/c1-24(2)20-13-14-25(24,3)22(15-20)27-28-23-26-21(16-29-23)19-11-9-18(10-12-19)17-7-5-4-6-8-17/h4-12,16,20H,13-15H2,1-3H3,(H,26,28). The first kappa shape index (κ1) is 18.6. The second kappa shape index (κ2) is 6.81. The fraction of sp³-hybridized carbons (Fsp3) is 0.360. The van der Waals surface area contributed by atoms with Crippen molar-refractivity contribution >= 4 is 22.2 Å². The lowest BCUT2D eigenvalue weighted by Crippen LogP contribution is -2.32. The van der Waals surface area contributed by atoms with Crippen molar-refractivity contribution < 1.29 is 0 Å². The molecule has 148 valence electrons. The molecule has 0 amide bonds. The van der Waals surface area contributed by atoms with E-state index in [2.05, 4.69) is 80.1 Å². The van der Waals surface area contributed by atoms with Crippen LogP contribution in [0.4, 0.5) is 5.13 Å². The molecule has 2 unspecified atom stereocenters. The molecule has 2 saturated carbocycles. The molecule has 2 bridgehead atoms. The highest BCUT2D eigenvalue weighted by Gasteiger charge is 2.59. The van der Waals surface area contributed by atoms with Gasteiger partial charge in [0.25, 0.3) is 0 Å². The molecule has 2 aliphatic rings. The Morgan fingerprint density at radius 3 is 2.31 bits per heavy atom. The third-order valence-electron chi connectivity index (χ3n) is 7.59. The van der Waals surface area contributed by atoms with E-state index in [1.54, 1.807) is 11.3 Å². The molecule has 4 heteroatoms. The molecule has 2 fully saturated rings. The zero-order valence-corrected chi connectivity index (χ0v) is 18.1. The summed E-state index contributed by atoms with van der Waals surface area (Å²) in [6.45, 7) is 7.21. The topological polar surface area (TPSA) is 37.3 Å². The van der Waals surface area contributed by atoms with Gasteiger partial charge in [0.05, 0.1) is 5.69 Å². The third-order valence-corrected chi connectivity index (χ3v) is 8.34. The van der Waals surface area contributed by atoms with Crippen molar-refractivity contribution in [2.45, 2.75) is 40.0 Å². The maximum atomic E-state index is 4.82. The minimum absolute atomic E-state index is 0.220. The van der Waals surface area contributed by atoms with Crippen molar-refractivity contribution in [3.8, 4) is 22.4 Å². The normalized spacial score (nSPS) is 26.2. The first-order valence-electron chi connectivity index (χ1n) is 10.4. The summed E-state index contributed by atoms with van der Waals surface area (Å²) >= 11 is 1.62. The summed E-state index contributed by atoms with van der Waals surface area (Å²) in [5.41, 5.74) is 9.74. The molecule has 0 spiro atoms. The molecule has 5 rings (SSSR count). The lowest BCUT2D eigenvalue weighted by atomic mass is 9.70. The van der Waals surface area contributed by atoms with Gasteiger partial charge in [-0.2, -0.15) is 5.10 Å². The first-order chi connectivity index (χ1) is 14.0. The van der Waals surface area contributed by atoms with E-state index in [0.29, 0.717) is 5.41 Å². The summed E-state index contributed by atoms with van der Waals surface area (Å²) in [6.07, 6.45) is 3.71. The lowest BCUT2D eigenvalue weighted by molar-refractivity contribution is 0.194. The second-order valence-corrected chi connectivity index (χ2v) is 10.0. The maximum Gasteiger partial charge on any atom is 0.203 e. The van der Waals surface area contributed by atoms with Crippen LogP contribution >= 0.6 is 11.3 Å². The highest BCUT2D eigenvalue weighted by atomic mass is 32.1. The number of nitrogens with one attached hydrogen (secondary N) is 1. The van der Waals surface area contributed by atoms with E-state index in [4.69, 9.17) is 10.1 Å². The van der Waals surface area contributed by atoms with E-state index in [-0.39, 0.29) is 5.41 Å². The van der Waals surface area contributed by atoms with Gasteiger partial charge in [-0.3, -0.25) is 5.43 Å².